The van der Waals surface area contributed by atoms with Gasteiger partial charge in [-0.1, -0.05) is 45.4 Å². The van der Waals surface area contributed by atoms with Crippen LogP contribution in [0.25, 0.3) is 0 Å². The zero-order valence-electron chi connectivity index (χ0n) is 15.6. The number of ether oxygens (including phenoxy) is 1. The van der Waals surface area contributed by atoms with Crippen LogP contribution in [0.4, 0.5) is 0 Å². The SMILES string of the molecule is C=C(/C=C(\C=C/C)C(CC(=O)O)C1CC1)OCC(CCC)CCC. The number of rotatable bonds is 13. The molecule has 1 fully saturated rings. The predicted molar refractivity (Wildman–Crippen MR) is 99.8 cm³/mol. The first-order chi connectivity index (χ1) is 11.5. The molecule has 0 bridgehead atoms. The lowest BCUT2D eigenvalue weighted by Crippen LogP contribution is -2.13. The van der Waals surface area contributed by atoms with Crippen molar-refractivity contribution in [3.8, 4) is 0 Å². The number of hydrogen-bond donors (Lipinski definition) is 1. The highest BCUT2D eigenvalue weighted by atomic mass is 16.5. The molecule has 1 N–H and O–H groups in total. The average Bonchev–Trinajstić information content (AvgIpc) is 3.35. The first kappa shape index (κ1) is 20.5. The number of carboxylic acids is 1. The van der Waals surface area contributed by atoms with E-state index in [0.717, 1.165) is 18.4 Å². The van der Waals surface area contributed by atoms with Crippen LogP contribution in [0, 0.1) is 17.8 Å². The van der Waals surface area contributed by atoms with E-state index in [0.29, 0.717) is 24.2 Å². The van der Waals surface area contributed by atoms with E-state index in [4.69, 9.17) is 4.74 Å². The molecule has 0 saturated heterocycles. The zero-order valence-corrected chi connectivity index (χ0v) is 15.6. The van der Waals surface area contributed by atoms with Gasteiger partial charge in [0.15, 0.2) is 0 Å². The maximum atomic E-state index is 11.2. The molecule has 1 rings (SSSR count). The van der Waals surface area contributed by atoms with Crippen molar-refractivity contribution in [1.29, 1.82) is 0 Å². The molecular formula is C21H34O3. The fraction of sp³-hybridized carbons (Fsp3) is 0.667. The molecule has 1 unspecified atom stereocenters. The van der Waals surface area contributed by atoms with Crippen molar-refractivity contribution in [2.24, 2.45) is 17.8 Å². The van der Waals surface area contributed by atoms with Gasteiger partial charge in [-0.05, 0) is 62.0 Å². The van der Waals surface area contributed by atoms with E-state index >= 15 is 0 Å². The van der Waals surface area contributed by atoms with Crippen molar-refractivity contribution in [2.75, 3.05) is 6.61 Å². The normalized spacial score (nSPS) is 16.6. The molecule has 1 atom stereocenters. The van der Waals surface area contributed by atoms with Crippen LogP contribution >= 0.6 is 0 Å². The lowest BCUT2D eigenvalue weighted by atomic mass is 9.89. The van der Waals surface area contributed by atoms with Gasteiger partial charge in [-0.3, -0.25) is 4.79 Å². The van der Waals surface area contributed by atoms with Gasteiger partial charge >= 0.3 is 5.97 Å². The second kappa shape index (κ2) is 11.1. The Morgan fingerprint density at radius 2 is 1.92 bits per heavy atom. The summed E-state index contributed by atoms with van der Waals surface area (Å²) in [6.07, 6.45) is 13.0. The molecule has 0 radical (unpaired) electrons. The molecule has 1 aliphatic carbocycles. The summed E-state index contributed by atoms with van der Waals surface area (Å²) in [4.78, 5) is 11.2. The molecule has 3 nitrogen and oxygen atoms in total. The molecule has 3 heteroatoms. The van der Waals surface area contributed by atoms with Gasteiger partial charge in [0.05, 0.1) is 13.0 Å². The second-order valence-corrected chi connectivity index (χ2v) is 6.91. The Hall–Kier alpha value is -1.51. The van der Waals surface area contributed by atoms with Crippen molar-refractivity contribution in [3.05, 3.63) is 36.1 Å². The summed E-state index contributed by atoms with van der Waals surface area (Å²) < 4.78 is 5.89. The summed E-state index contributed by atoms with van der Waals surface area (Å²) in [5, 5.41) is 9.20. The third-order valence-electron chi connectivity index (χ3n) is 4.60. The molecule has 24 heavy (non-hydrogen) atoms. The van der Waals surface area contributed by atoms with Gasteiger partial charge in [0.2, 0.25) is 0 Å². The fourth-order valence-electron chi connectivity index (χ4n) is 3.29. The largest absolute Gasteiger partial charge is 0.494 e. The Bertz CT molecular complexity index is 452. The van der Waals surface area contributed by atoms with Crippen LogP contribution in [0.3, 0.4) is 0 Å². The number of hydrogen-bond acceptors (Lipinski definition) is 2. The number of allylic oxidation sites excluding steroid dienone is 4. The van der Waals surface area contributed by atoms with Crippen LogP contribution in [0.15, 0.2) is 36.1 Å². The fourth-order valence-corrected chi connectivity index (χ4v) is 3.29. The van der Waals surface area contributed by atoms with Gasteiger partial charge < -0.3 is 9.84 Å². The van der Waals surface area contributed by atoms with E-state index in [2.05, 4.69) is 20.4 Å². The highest BCUT2D eigenvalue weighted by Gasteiger charge is 2.34. The highest BCUT2D eigenvalue weighted by molar-refractivity contribution is 5.68. The summed E-state index contributed by atoms with van der Waals surface area (Å²) in [5.74, 6) is 1.05. The third kappa shape index (κ3) is 7.85. The smallest absolute Gasteiger partial charge is 0.303 e. The molecule has 1 aliphatic rings. The van der Waals surface area contributed by atoms with Crippen molar-refractivity contribution >= 4 is 5.97 Å². The monoisotopic (exact) mass is 334 g/mol. The van der Waals surface area contributed by atoms with E-state index in [1.165, 1.54) is 25.7 Å². The minimum Gasteiger partial charge on any atom is -0.494 e. The molecule has 0 amide bonds. The van der Waals surface area contributed by atoms with Gasteiger partial charge in [0.1, 0.15) is 5.76 Å². The quantitative estimate of drug-likeness (QED) is 0.345. The molecular weight excluding hydrogens is 300 g/mol. The Morgan fingerprint density at radius 3 is 2.38 bits per heavy atom. The molecule has 0 aromatic rings. The summed E-state index contributed by atoms with van der Waals surface area (Å²) in [7, 11) is 0. The van der Waals surface area contributed by atoms with Crippen molar-refractivity contribution in [1.82, 2.24) is 0 Å². The number of carboxylic acid groups (broad SMARTS) is 1. The van der Waals surface area contributed by atoms with E-state index in [1.54, 1.807) is 0 Å². The molecule has 0 aliphatic heterocycles. The number of aliphatic carboxylic acids is 1. The van der Waals surface area contributed by atoms with Crippen molar-refractivity contribution in [3.63, 3.8) is 0 Å². The van der Waals surface area contributed by atoms with Crippen LogP contribution < -0.4 is 0 Å². The van der Waals surface area contributed by atoms with Crippen LogP contribution in [0.2, 0.25) is 0 Å². The summed E-state index contributed by atoms with van der Waals surface area (Å²) in [6, 6.07) is 0. The maximum absolute atomic E-state index is 11.2. The Balaban J connectivity index is 2.71. The standard InChI is InChI=1S/C21H34O3/c1-5-8-17(9-6-2)15-24-16(4)13-19(10-7-3)20(14-21(22)23)18-11-12-18/h7,10,13,17-18,20H,4-6,8-9,11-12,14-15H2,1-3H3,(H,22,23)/b10-7-,19-13+. The van der Waals surface area contributed by atoms with Gasteiger partial charge in [-0.15, -0.1) is 0 Å². The lowest BCUT2D eigenvalue weighted by molar-refractivity contribution is -0.137. The van der Waals surface area contributed by atoms with Gasteiger partial charge in [0.25, 0.3) is 0 Å². The van der Waals surface area contributed by atoms with E-state index in [9.17, 15) is 9.90 Å². The van der Waals surface area contributed by atoms with Gasteiger partial charge in [-0.25, -0.2) is 0 Å². The number of carbonyl (C=O) groups is 1. The molecule has 0 spiro atoms. The maximum Gasteiger partial charge on any atom is 0.303 e. The first-order valence-electron chi connectivity index (χ1n) is 9.39. The molecule has 0 aromatic heterocycles. The van der Waals surface area contributed by atoms with E-state index in [-0.39, 0.29) is 12.3 Å². The minimum absolute atomic E-state index is 0.0705. The van der Waals surface area contributed by atoms with Crippen molar-refractivity contribution in [2.45, 2.75) is 65.7 Å². The molecule has 0 heterocycles. The molecule has 0 aromatic carbocycles. The topological polar surface area (TPSA) is 46.5 Å². The van der Waals surface area contributed by atoms with Crippen LogP contribution in [0.5, 0.6) is 0 Å². The van der Waals surface area contributed by atoms with E-state index < -0.39 is 5.97 Å². The first-order valence-corrected chi connectivity index (χ1v) is 9.39. The lowest BCUT2D eigenvalue weighted by Gasteiger charge is -2.19. The molecule has 136 valence electrons. The van der Waals surface area contributed by atoms with Crippen LogP contribution in [-0.4, -0.2) is 17.7 Å². The van der Waals surface area contributed by atoms with Gasteiger partial charge in [-0.2, -0.15) is 0 Å². The molecule has 1 saturated carbocycles. The summed E-state index contributed by atoms with van der Waals surface area (Å²) >= 11 is 0. The highest BCUT2D eigenvalue weighted by Crippen LogP contribution is 2.43. The minimum atomic E-state index is -0.736. The third-order valence-corrected chi connectivity index (χ3v) is 4.60. The van der Waals surface area contributed by atoms with E-state index in [1.807, 2.05) is 25.2 Å². The Labute approximate surface area is 147 Å². The Kier molecular flexibility index (Phi) is 9.51. The Morgan fingerprint density at radius 1 is 1.29 bits per heavy atom. The summed E-state index contributed by atoms with van der Waals surface area (Å²) in [5.41, 5.74) is 1.04. The summed E-state index contributed by atoms with van der Waals surface area (Å²) in [6.45, 7) is 11.1. The van der Waals surface area contributed by atoms with Crippen LogP contribution in [-0.2, 0) is 9.53 Å². The van der Waals surface area contributed by atoms with Gasteiger partial charge in [0, 0.05) is 0 Å². The van der Waals surface area contributed by atoms with Crippen LogP contribution in [0.1, 0.15) is 65.7 Å². The predicted octanol–water partition coefficient (Wildman–Crippen LogP) is 5.74. The zero-order chi connectivity index (χ0) is 17.9. The second-order valence-electron chi connectivity index (χ2n) is 6.91. The van der Waals surface area contributed by atoms with Crippen molar-refractivity contribution < 1.29 is 14.6 Å². The average molecular weight is 335 g/mol.